The fourth-order valence-corrected chi connectivity index (χ4v) is 2.66. The summed E-state index contributed by atoms with van der Waals surface area (Å²) in [6.45, 7) is 0. The number of aromatic hydroxyl groups is 1. The molecule has 0 saturated heterocycles. The standard InChI is InChI=1S/C17H12N2O3/c1-19-14-5-3-2-4-13(14)18-17(19)12-9-22-15-8-10(20)6-7-11(15)16(12)21/h2-9,20H,1H3. The van der Waals surface area contributed by atoms with Gasteiger partial charge in [-0.15, -0.1) is 0 Å². The SMILES string of the molecule is Cn1c(-c2coc3cc(O)ccc3c2=O)nc2ccccc21. The Bertz CT molecular complexity index is 1080. The maximum absolute atomic E-state index is 12.7. The lowest BCUT2D eigenvalue weighted by atomic mass is 10.1. The highest BCUT2D eigenvalue weighted by molar-refractivity contribution is 5.84. The van der Waals surface area contributed by atoms with E-state index in [1.807, 2.05) is 35.9 Å². The summed E-state index contributed by atoms with van der Waals surface area (Å²) in [5.41, 5.74) is 2.36. The van der Waals surface area contributed by atoms with Crippen molar-refractivity contribution in [1.82, 2.24) is 9.55 Å². The highest BCUT2D eigenvalue weighted by Gasteiger charge is 2.15. The summed E-state index contributed by atoms with van der Waals surface area (Å²) in [5.74, 6) is 0.621. The van der Waals surface area contributed by atoms with Crippen molar-refractivity contribution in [2.75, 3.05) is 0 Å². The zero-order chi connectivity index (χ0) is 15.3. The van der Waals surface area contributed by atoms with Gasteiger partial charge in [-0.3, -0.25) is 4.79 Å². The molecular formula is C17H12N2O3. The Morgan fingerprint density at radius 3 is 2.82 bits per heavy atom. The third kappa shape index (κ3) is 1.72. The van der Waals surface area contributed by atoms with Crippen LogP contribution >= 0.6 is 0 Å². The Morgan fingerprint density at radius 1 is 1.18 bits per heavy atom. The van der Waals surface area contributed by atoms with Gasteiger partial charge < -0.3 is 14.1 Å². The lowest BCUT2D eigenvalue weighted by molar-refractivity contribution is 0.474. The summed E-state index contributed by atoms with van der Waals surface area (Å²) in [6.07, 6.45) is 1.39. The number of hydrogen-bond donors (Lipinski definition) is 1. The molecule has 5 nitrogen and oxygen atoms in total. The summed E-state index contributed by atoms with van der Waals surface area (Å²) in [7, 11) is 1.87. The average Bonchev–Trinajstić information content (AvgIpc) is 2.85. The van der Waals surface area contributed by atoms with Crippen molar-refractivity contribution >= 4 is 22.0 Å². The monoisotopic (exact) mass is 292 g/mol. The molecule has 0 saturated carbocycles. The number of benzene rings is 2. The summed E-state index contributed by atoms with van der Waals surface area (Å²) in [4.78, 5) is 17.2. The van der Waals surface area contributed by atoms with Crippen LogP contribution in [0.3, 0.4) is 0 Å². The van der Waals surface area contributed by atoms with Crippen LogP contribution in [0.25, 0.3) is 33.4 Å². The molecule has 4 aromatic rings. The number of aromatic nitrogens is 2. The summed E-state index contributed by atoms with van der Waals surface area (Å²) < 4.78 is 7.37. The van der Waals surface area contributed by atoms with Gasteiger partial charge in [-0.1, -0.05) is 12.1 Å². The number of fused-ring (bicyclic) bond motifs is 2. The van der Waals surface area contributed by atoms with Crippen molar-refractivity contribution < 1.29 is 9.52 Å². The second-order valence-electron chi connectivity index (χ2n) is 5.14. The molecule has 0 amide bonds. The molecule has 2 aromatic heterocycles. The smallest absolute Gasteiger partial charge is 0.203 e. The molecule has 2 aromatic carbocycles. The molecule has 0 radical (unpaired) electrons. The number of phenolic OH excluding ortho intramolecular Hbond substituents is 1. The average molecular weight is 292 g/mol. The molecule has 2 heterocycles. The van der Waals surface area contributed by atoms with Crippen molar-refractivity contribution in [2.45, 2.75) is 0 Å². The van der Waals surface area contributed by atoms with Gasteiger partial charge in [-0.2, -0.15) is 0 Å². The molecule has 22 heavy (non-hydrogen) atoms. The van der Waals surface area contributed by atoms with Crippen LogP contribution in [0, 0.1) is 0 Å². The van der Waals surface area contributed by atoms with Crippen LogP contribution < -0.4 is 5.43 Å². The van der Waals surface area contributed by atoms with Gasteiger partial charge in [0.15, 0.2) is 0 Å². The number of nitrogens with zero attached hydrogens (tertiary/aromatic N) is 2. The summed E-state index contributed by atoms with van der Waals surface area (Å²) in [5, 5.41) is 9.89. The number of phenols is 1. The van der Waals surface area contributed by atoms with Gasteiger partial charge in [0.2, 0.25) is 5.43 Å². The van der Waals surface area contributed by atoms with Crippen LogP contribution in [0.4, 0.5) is 0 Å². The van der Waals surface area contributed by atoms with E-state index in [1.165, 1.54) is 18.4 Å². The van der Waals surface area contributed by atoms with E-state index < -0.39 is 0 Å². The van der Waals surface area contributed by atoms with Crippen molar-refractivity contribution in [1.29, 1.82) is 0 Å². The minimum atomic E-state index is -0.167. The first-order chi connectivity index (χ1) is 10.6. The third-order valence-electron chi connectivity index (χ3n) is 3.79. The van der Waals surface area contributed by atoms with Gasteiger partial charge in [0.05, 0.1) is 16.4 Å². The summed E-state index contributed by atoms with van der Waals surface area (Å²) in [6, 6.07) is 12.1. The van der Waals surface area contributed by atoms with Crippen LogP contribution in [0.15, 0.2) is 57.9 Å². The van der Waals surface area contributed by atoms with Gasteiger partial charge in [0, 0.05) is 13.1 Å². The lowest BCUT2D eigenvalue weighted by Gasteiger charge is -2.03. The molecular weight excluding hydrogens is 280 g/mol. The van der Waals surface area contributed by atoms with Crippen LogP contribution in [0.2, 0.25) is 0 Å². The topological polar surface area (TPSA) is 68.3 Å². The van der Waals surface area contributed by atoms with Crippen LogP contribution in [-0.4, -0.2) is 14.7 Å². The minimum Gasteiger partial charge on any atom is -0.508 e. The molecule has 0 fully saturated rings. The number of hydrogen-bond acceptors (Lipinski definition) is 4. The Kier molecular flexibility index (Phi) is 2.56. The van der Waals surface area contributed by atoms with E-state index in [-0.39, 0.29) is 11.2 Å². The Morgan fingerprint density at radius 2 is 2.00 bits per heavy atom. The fraction of sp³-hybridized carbons (Fsp3) is 0.0588. The molecule has 108 valence electrons. The zero-order valence-electron chi connectivity index (χ0n) is 11.8. The number of rotatable bonds is 1. The predicted octanol–water partition coefficient (Wildman–Crippen LogP) is 3.05. The molecule has 0 aliphatic heterocycles. The Hall–Kier alpha value is -3.08. The zero-order valence-corrected chi connectivity index (χ0v) is 11.8. The molecule has 0 atom stereocenters. The predicted molar refractivity (Wildman–Crippen MR) is 83.9 cm³/mol. The number of aryl methyl sites for hydroxylation is 1. The molecule has 0 unspecified atom stereocenters. The first-order valence-electron chi connectivity index (χ1n) is 6.81. The molecule has 5 heteroatoms. The molecule has 1 N–H and O–H groups in total. The molecule has 0 aliphatic carbocycles. The van der Waals surface area contributed by atoms with E-state index in [9.17, 15) is 9.90 Å². The van der Waals surface area contributed by atoms with E-state index in [1.54, 1.807) is 6.07 Å². The van der Waals surface area contributed by atoms with E-state index >= 15 is 0 Å². The van der Waals surface area contributed by atoms with Crippen LogP contribution in [0.1, 0.15) is 0 Å². The van der Waals surface area contributed by atoms with Gasteiger partial charge in [-0.05, 0) is 24.3 Å². The highest BCUT2D eigenvalue weighted by atomic mass is 16.3. The highest BCUT2D eigenvalue weighted by Crippen LogP contribution is 2.24. The first-order valence-corrected chi connectivity index (χ1v) is 6.81. The van der Waals surface area contributed by atoms with Crippen molar-refractivity contribution in [3.05, 3.63) is 59.0 Å². The van der Waals surface area contributed by atoms with Gasteiger partial charge in [-0.25, -0.2) is 4.98 Å². The third-order valence-corrected chi connectivity index (χ3v) is 3.79. The van der Waals surface area contributed by atoms with Gasteiger partial charge in [0.1, 0.15) is 29.0 Å². The normalized spacial score (nSPS) is 11.3. The fourth-order valence-electron chi connectivity index (χ4n) is 2.66. The number of imidazole rings is 1. The molecule has 4 rings (SSSR count). The largest absolute Gasteiger partial charge is 0.508 e. The molecule has 0 aliphatic rings. The van der Waals surface area contributed by atoms with E-state index in [2.05, 4.69) is 4.98 Å². The quantitative estimate of drug-likeness (QED) is 0.585. The van der Waals surface area contributed by atoms with Gasteiger partial charge in [0.25, 0.3) is 0 Å². The van der Waals surface area contributed by atoms with Crippen molar-refractivity contribution in [3.8, 4) is 17.1 Å². The maximum Gasteiger partial charge on any atom is 0.203 e. The van der Waals surface area contributed by atoms with Crippen molar-refractivity contribution in [3.63, 3.8) is 0 Å². The van der Waals surface area contributed by atoms with Gasteiger partial charge >= 0.3 is 0 Å². The van der Waals surface area contributed by atoms with E-state index in [4.69, 9.17) is 4.42 Å². The summed E-state index contributed by atoms with van der Waals surface area (Å²) >= 11 is 0. The maximum atomic E-state index is 12.7. The van der Waals surface area contributed by atoms with E-state index in [0.29, 0.717) is 22.4 Å². The second kappa shape index (κ2) is 4.46. The number of para-hydroxylation sites is 2. The molecule has 0 spiro atoms. The van der Waals surface area contributed by atoms with Crippen molar-refractivity contribution in [2.24, 2.45) is 7.05 Å². The van der Waals surface area contributed by atoms with Crippen LogP contribution in [0.5, 0.6) is 5.75 Å². The Balaban J connectivity index is 2.04. The first kappa shape index (κ1) is 12.6. The minimum absolute atomic E-state index is 0.0612. The molecule has 0 bridgehead atoms. The van der Waals surface area contributed by atoms with E-state index in [0.717, 1.165) is 11.0 Å². The Labute approximate surface area is 125 Å². The lowest BCUT2D eigenvalue weighted by Crippen LogP contribution is -2.07. The second-order valence-corrected chi connectivity index (χ2v) is 5.14. The van der Waals surface area contributed by atoms with Crippen LogP contribution in [-0.2, 0) is 7.05 Å².